The molecule has 0 saturated heterocycles. The van der Waals surface area contributed by atoms with Crippen molar-refractivity contribution < 1.29 is 19.0 Å². The topological polar surface area (TPSA) is 60.0 Å². The van der Waals surface area contributed by atoms with E-state index in [2.05, 4.69) is 10.1 Å². The molecule has 0 aliphatic heterocycles. The SMILES string of the molecule is COC(=O)NCC(c1ccc(OC)c(OC)c1)N(C)C. The molecule has 1 N–H and O–H groups in total. The maximum absolute atomic E-state index is 11.2. The number of benzene rings is 1. The Morgan fingerprint density at radius 1 is 1.20 bits per heavy atom. The molecule has 6 nitrogen and oxygen atoms in total. The second kappa shape index (κ2) is 7.59. The van der Waals surface area contributed by atoms with Crippen molar-refractivity contribution in [2.45, 2.75) is 6.04 Å². The quantitative estimate of drug-likeness (QED) is 0.860. The molecule has 0 bridgehead atoms. The van der Waals surface area contributed by atoms with E-state index >= 15 is 0 Å². The Morgan fingerprint density at radius 2 is 1.85 bits per heavy atom. The van der Waals surface area contributed by atoms with Crippen molar-refractivity contribution in [3.8, 4) is 11.5 Å². The van der Waals surface area contributed by atoms with Crippen molar-refractivity contribution in [2.75, 3.05) is 42.0 Å². The number of alkyl carbamates (subject to hydrolysis) is 1. The first-order valence-electron chi connectivity index (χ1n) is 6.23. The van der Waals surface area contributed by atoms with Crippen molar-refractivity contribution >= 4 is 6.09 Å². The number of hydrogen-bond donors (Lipinski definition) is 1. The molecule has 1 amide bonds. The van der Waals surface area contributed by atoms with Gasteiger partial charge in [-0.3, -0.25) is 0 Å². The lowest BCUT2D eigenvalue weighted by atomic mass is 10.1. The third-order valence-electron chi connectivity index (χ3n) is 3.04. The van der Waals surface area contributed by atoms with Gasteiger partial charge in [-0.25, -0.2) is 4.79 Å². The van der Waals surface area contributed by atoms with Crippen molar-refractivity contribution in [1.82, 2.24) is 10.2 Å². The Bertz CT molecular complexity index is 449. The van der Waals surface area contributed by atoms with Crippen LogP contribution in [0, 0.1) is 0 Å². The van der Waals surface area contributed by atoms with E-state index in [1.807, 2.05) is 37.2 Å². The molecule has 1 aromatic carbocycles. The number of amides is 1. The lowest BCUT2D eigenvalue weighted by molar-refractivity contribution is 0.166. The number of rotatable bonds is 6. The van der Waals surface area contributed by atoms with Crippen LogP contribution in [-0.2, 0) is 4.74 Å². The first kappa shape index (κ1) is 16.1. The van der Waals surface area contributed by atoms with Gasteiger partial charge < -0.3 is 24.4 Å². The van der Waals surface area contributed by atoms with Gasteiger partial charge in [-0.2, -0.15) is 0 Å². The molecule has 0 aliphatic rings. The zero-order chi connectivity index (χ0) is 15.1. The summed E-state index contributed by atoms with van der Waals surface area (Å²) in [4.78, 5) is 13.2. The van der Waals surface area contributed by atoms with Crippen molar-refractivity contribution in [2.24, 2.45) is 0 Å². The van der Waals surface area contributed by atoms with E-state index < -0.39 is 6.09 Å². The van der Waals surface area contributed by atoms with E-state index in [4.69, 9.17) is 9.47 Å². The summed E-state index contributed by atoms with van der Waals surface area (Å²) in [7, 11) is 8.43. The molecule has 0 spiro atoms. The average molecular weight is 282 g/mol. The molecule has 1 aromatic rings. The Labute approximate surface area is 119 Å². The lowest BCUT2D eigenvalue weighted by Gasteiger charge is -2.25. The fourth-order valence-corrected chi connectivity index (χ4v) is 1.91. The second-order valence-electron chi connectivity index (χ2n) is 4.47. The van der Waals surface area contributed by atoms with Crippen LogP contribution < -0.4 is 14.8 Å². The van der Waals surface area contributed by atoms with Crippen LogP contribution in [0.1, 0.15) is 11.6 Å². The predicted molar refractivity (Wildman–Crippen MR) is 76.4 cm³/mol. The number of nitrogens with one attached hydrogen (secondary N) is 1. The van der Waals surface area contributed by atoms with Crippen LogP contribution in [0.15, 0.2) is 18.2 Å². The van der Waals surface area contributed by atoms with Gasteiger partial charge >= 0.3 is 6.09 Å². The van der Waals surface area contributed by atoms with Gasteiger partial charge in [-0.05, 0) is 31.8 Å². The third-order valence-corrected chi connectivity index (χ3v) is 3.04. The summed E-state index contributed by atoms with van der Waals surface area (Å²) in [5, 5.41) is 2.70. The molecule has 0 fully saturated rings. The van der Waals surface area contributed by atoms with Gasteiger partial charge in [0, 0.05) is 6.54 Å². The zero-order valence-electron chi connectivity index (χ0n) is 12.6. The molecule has 1 unspecified atom stereocenters. The van der Waals surface area contributed by atoms with Crippen LogP contribution in [0.2, 0.25) is 0 Å². The maximum atomic E-state index is 11.2. The van der Waals surface area contributed by atoms with E-state index in [1.54, 1.807) is 14.2 Å². The van der Waals surface area contributed by atoms with E-state index in [0.29, 0.717) is 18.0 Å². The van der Waals surface area contributed by atoms with Crippen LogP contribution in [0.25, 0.3) is 0 Å². The predicted octanol–water partition coefficient (Wildman–Crippen LogP) is 1.66. The largest absolute Gasteiger partial charge is 0.493 e. The Hall–Kier alpha value is -1.95. The molecule has 20 heavy (non-hydrogen) atoms. The van der Waals surface area contributed by atoms with E-state index in [0.717, 1.165) is 5.56 Å². The molecule has 1 atom stereocenters. The number of hydrogen-bond acceptors (Lipinski definition) is 5. The molecule has 0 aromatic heterocycles. The Morgan fingerprint density at radius 3 is 2.35 bits per heavy atom. The fourth-order valence-electron chi connectivity index (χ4n) is 1.91. The lowest BCUT2D eigenvalue weighted by Crippen LogP contribution is -2.34. The molecule has 0 radical (unpaired) electrons. The van der Waals surface area contributed by atoms with Gasteiger partial charge in [0.15, 0.2) is 11.5 Å². The summed E-state index contributed by atoms with van der Waals surface area (Å²) in [5.74, 6) is 1.34. The fraction of sp³-hybridized carbons (Fsp3) is 0.500. The van der Waals surface area contributed by atoms with Gasteiger partial charge in [0.25, 0.3) is 0 Å². The number of carbonyl (C=O) groups is 1. The van der Waals surface area contributed by atoms with Crippen molar-refractivity contribution in [3.05, 3.63) is 23.8 Å². The highest BCUT2D eigenvalue weighted by molar-refractivity contribution is 5.66. The summed E-state index contributed by atoms with van der Waals surface area (Å²) in [5.41, 5.74) is 1.02. The number of carbonyl (C=O) groups excluding carboxylic acids is 1. The maximum Gasteiger partial charge on any atom is 0.406 e. The van der Waals surface area contributed by atoms with Crippen LogP contribution >= 0.6 is 0 Å². The van der Waals surface area contributed by atoms with Crippen LogP contribution in [0.5, 0.6) is 11.5 Å². The summed E-state index contributed by atoms with van der Waals surface area (Å²) in [6.07, 6.45) is -0.447. The molecular formula is C14H22N2O4. The van der Waals surface area contributed by atoms with Gasteiger partial charge in [0.05, 0.1) is 27.4 Å². The van der Waals surface area contributed by atoms with Crippen LogP contribution in [0.3, 0.4) is 0 Å². The highest BCUT2D eigenvalue weighted by Gasteiger charge is 2.17. The highest BCUT2D eigenvalue weighted by atomic mass is 16.5. The van der Waals surface area contributed by atoms with Gasteiger partial charge in [0.1, 0.15) is 0 Å². The van der Waals surface area contributed by atoms with Crippen LogP contribution in [0.4, 0.5) is 4.79 Å². The number of nitrogens with zero attached hydrogens (tertiary/aromatic N) is 1. The molecule has 0 aliphatic carbocycles. The summed E-state index contributed by atoms with van der Waals surface area (Å²) >= 11 is 0. The Balaban J connectivity index is 2.94. The van der Waals surface area contributed by atoms with Gasteiger partial charge in [-0.1, -0.05) is 6.07 Å². The minimum atomic E-state index is -0.447. The molecule has 0 heterocycles. The molecule has 6 heteroatoms. The molecule has 1 rings (SSSR count). The van der Waals surface area contributed by atoms with Gasteiger partial charge in [-0.15, -0.1) is 0 Å². The standard InChI is InChI=1S/C14H22N2O4/c1-16(2)11(9-15-14(17)20-5)10-6-7-12(18-3)13(8-10)19-4/h6-8,11H,9H2,1-5H3,(H,15,17). The summed E-state index contributed by atoms with van der Waals surface area (Å²) < 4.78 is 15.1. The molecular weight excluding hydrogens is 260 g/mol. The normalized spacial score (nSPS) is 11.9. The van der Waals surface area contributed by atoms with E-state index in [1.165, 1.54) is 7.11 Å². The second-order valence-corrected chi connectivity index (χ2v) is 4.47. The minimum Gasteiger partial charge on any atom is -0.493 e. The van der Waals surface area contributed by atoms with Gasteiger partial charge in [0.2, 0.25) is 0 Å². The zero-order valence-corrected chi connectivity index (χ0v) is 12.6. The van der Waals surface area contributed by atoms with E-state index in [-0.39, 0.29) is 6.04 Å². The number of methoxy groups -OCH3 is 3. The average Bonchev–Trinajstić information content (AvgIpc) is 2.46. The Kier molecular flexibility index (Phi) is 6.11. The van der Waals surface area contributed by atoms with Crippen molar-refractivity contribution in [1.29, 1.82) is 0 Å². The first-order chi connectivity index (χ1) is 9.53. The minimum absolute atomic E-state index is 0.00825. The third kappa shape index (κ3) is 4.03. The summed E-state index contributed by atoms with van der Waals surface area (Å²) in [6.45, 7) is 0.440. The molecule has 0 saturated carbocycles. The molecule has 112 valence electrons. The van der Waals surface area contributed by atoms with Crippen LogP contribution in [-0.4, -0.2) is 53.0 Å². The highest BCUT2D eigenvalue weighted by Crippen LogP contribution is 2.31. The van der Waals surface area contributed by atoms with E-state index in [9.17, 15) is 4.79 Å². The number of likely N-dealkylation sites (N-methyl/N-ethyl adjacent to an activating group) is 1. The first-order valence-corrected chi connectivity index (χ1v) is 6.23. The number of ether oxygens (including phenoxy) is 3. The smallest absolute Gasteiger partial charge is 0.406 e. The van der Waals surface area contributed by atoms with Crippen molar-refractivity contribution in [3.63, 3.8) is 0 Å². The monoisotopic (exact) mass is 282 g/mol. The summed E-state index contributed by atoms with van der Waals surface area (Å²) in [6, 6.07) is 5.71.